The van der Waals surface area contributed by atoms with Crippen molar-refractivity contribution >= 4 is 39.9 Å². The number of rotatable bonds is 14. The van der Waals surface area contributed by atoms with Crippen molar-refractivity contribution in [1.82, 2.24) is 30.1 Å². The van der Waals surface area contributed by atoms with Gasteiger partial charge in [0.15, 0.2) is 0 Å². The van der Waals surface area contributed by atoms with Crippen LogP contribution in [0.25, 0.3) is 0 Å². The first-order valence-electron chi connectivity index (χ1n) is 17.8. The number of halogens is 1. The van der Waals surface area contributed by atoms with Crippen LogP contribution in [0.5, 0.6) is 0 Å². The minimum atomic E-state index is -3.95. The van der Waals surface area contributed by atoms with Gasteiger partial charge >= 0.3 is 12.2 Å². The number of carbonyl (C=O) groups excluding carboxylic acids is 5. The van der Waals surface area contributed by atoms with Crippen molar-refractivity contribution < 1.29 is 46.3 Å². The van der Waals surface area contributed by atoms with Gasteiger partial charge in [-0.1, -0.05) is 31.2 Å². The maximum atomic E-state index is 14.5. The van der Waals surface area contributed by atoms with E-state index in [1.54, 1.807) is 39.0 Å². The number of alkyl carbamates (subject to hydrolysis) is 1. The molecule has 290 valence electrons. The zero-order valence-corrected chi connectivity index (χ0v) is 31.4. The van der Waals surface area contributed by atoms with Crippen molar-refractivity contribution in [3.8, 4) is 0 Å². The Balaban J connectivity index is 1.40. The van der Waals surface area contributed by atoms with Crippen LogP contribution in [0.2, 0.25) is 0 Å². The normalized spacial score (nSPS) is 24.2. The summed E-state index contributed by atoms with van der Waals surface area (Å²) in [5.41, 5.74) is -1.52. The molecule has 0 spiro atoms. The van der Waals surface area contributed by atoms with Gasteiger partial charge in [-0.05, 0) is 58.2 Å². The SMILES string of the molecule is C=CCN(CC)C[C@H](NC(=O)OC(C)(C)C)C(=O)N1C[C@H](OC(=O)N2Cc3cccc(F)c3C2)CC1C(=O)N[C@]1(C(=O)NS(=O)(=O)C2CC2)C[C@H]1C=C. The van der Waals surface area contributed by atoms with E-state index in [-0.39, 0.29) is 39.0 Å². The Bertz CT molecular complexity index is 1760. The molecule has 15 nitrogen and oxygen atoms in total. The monoisotopic (exact) mass is 760 g/mol. The Morgan fingerprint density at radius 1 is 1.15 bits per heavy atom. The quantitative estimate of drug-likeness (QED) is 0.238. The van der Waals surface area contributed by atoms with Crippen LogP contribution in [0, 0.1) is 11.7 Å². The van der Waals surface area contributed by atoms with Crippen molar-refractivity contribution in [1.29, 1.82) is 0 Å². The molecule has 0 bridgehead atoms. The molecule has 2 aliphatic heterocycles. The highest BCUT2D eigenvalue weighted by molar-refractivity contribution is 7.91. The molecule has 53 heavy (non-hydrogen) atoms. The van der Waals surface area contributed by atoms with Crippen molar-refractivity contribution in [2.45, 2.75) is 101 Å². The summed E-state index contributed by atoms with van der Waals surface area (Å²) in [4.78, 5) is 72.8. The van der Waals surface area contributed by atoms with Crippen molar-refractivity contribution in [3.05, 3.63) is 60.5 Å². The van der Waals surface area contributed by atoms with Gasteiger partial charge in [0.1, 0.15) is 35.1 Å². The number of nitrogens with one attached hydrogen (secondary N) is 3. The molecule has 2 heterocycles. The molecule has 2 saturated carbocycles. The van der Waals surface area contributed by atoms with Crippen LogP contribution in [0.15, 0.2) is 43.5 Å². The molecule has 0 radical (unpaired) electrons. The minimum Gasteiger partial charge on any atom is -0.444 e. The smallest absolute Gasteiger partial charge is 0.410 e. The first-order chi connectivity index (χ1) is 24.9. The van der Waals surface area contributed by atoms with Gasteiger partial charge in [0.25, 0.3) is 5.91 Å². The predicted octanol–water partition coefficient (Wildman–Crippen LogP) is 2.32. The second-order valence-corrected chi connectivity index (χ2v) is 17.0. The molecular formula is C36H49FN6O9S. The molecule has 3 N–H and O–H groups in total. The standard InChI is InChI=1S/C36H49FN6O9S/c1-7-15-41(9-3)21-28(38-33(47)52-35(4,5)6)31(45)43-19-24(51-34(48)42-18-22-11-10-12-27(37)26(22)20-42)16-29(43)30(44)39-36(17-23(36)8-2)32(46)40-53(49,50)25-13-14-25/h7-8,10-12,23-25,28-29H,1-2,9,13-21H2,3-6H3,(H,38,47)(H,39,44)(H,40,46)/t23-,24-,28+,29?,36-/m1/s1. The van der Waals surface area contributed by atoms with E-state index in [4.69, 9.17) is 9.47 Å². The molecule has 2 aliphatic carbocycles. The number of carbonyl (C=O) groups is 5. The van der Waals surface area contributed by atoms with Gasteiger partial charge in [-0.2, -0.15) is 0 Å². The van der Waals surface area contributed by atoms with Gasteiger partial charge in [-0.3, -0.25) is 28.9 Å². The topological polar surface area (TPSA) is 184 Å². The van der Waals surface area contributed by atoms with Crippen LogP contribution < -0.4 is 15.4 Å². The summed E-state index contributed by atoms with van der Waals surface area (Å²) in [7, 11) is -3.95. The Labute approximate surface area is 309 Å². The molecule has 17 heteroatoms. The van der Waals surface area contributed by atoms with E-state index in [0.717, 1.165) is 0 Å². The summed E-state index contributed by atoms with van der Waals surface area (Å²) in [6, 6.07) is 2.03. The van der Waals surface area contributed by atoms with Crippen molar-refractivity contribution in [3.63, 3.8) is 0 Å². The Hall–Kier alpha value is -4.51. The van der Waals surface area contributed by atoms with Crippen LogP contribution in [0.1, 0.15) is 64.5 Å². The van der Waals surface area contributed by atoms with Gasteiger partial charge in [0, 0.05) is 37.5 Å². The molecule has 5 atom stereocenters. The number of amides is 5. The molecule has 4 aliphatic rings. The molecule has 1 aromatic rings. The molecule has 5 amide bonds. The number of ether oxygens (including phenoxy) is 2. The fraction of sp³-hybridized carbons (Fsp3) is 0.583. The van der Waals surface area contributed by atoms with E-state index in [0.29, 0.717) is 37.1 Å². The number of hydrogen-bond acceptors (Lipinski definition) is 10. The maximum Gasteiger partial charge on any atom is 0.410 e. The van der Waals surface area contributed by atoms with Gasteiger partial charge in [-0.25, -0.2) is 22.4 Å². The van der Waals surface area contributed by atoms with Crippen LogP contribution in [0.4, 0.5) is 14.0 Å². The van der Waals surface area contributed by atoms with Crippen LogP contribution >= 0.6 is 0 Å². The number of sulfonamides is 1. The second-order valence-electron chi connectivity index (χ2n) is 15.0. The third-order valence-corrected chi connectivity index (χ3v) is 11.6. The number of likely N-dealkylation sites (N-methyl/N-ethyl adjacent to an activating group) is 1. The van der Waals surface area contributed by atoms with Crippen LogP contribution in [-0.2, 0) is 47.0 Å². The lowest BCUT2D eigenvalue weighted by Gasteiger charge is -2.32. The lowest BCUT2D eigenvalue weighted by atomic mass is 10.1. The molecule has 0 aromatic heterocycles. The van der Waals surface area contributed by atoms with Gasteiger partial charge in [-0.15, -0.1) is 13.2 Å². The number of nitrogens with zero attached hydrogens (tertiary/aromatic N) is 3. The Morgan fingerprint density at radius 3 is 2.45 bits per heavy atom. The maximum absolute atomic E-state index is 14.5. The van der Waals surface area contributed by atoms with Crippen LogP contribution in [-0.4, -0.2) is 114 Å². The zero-order chi connectivity index (χ0) is 38.9. The number of benzene rings is 1. The van der Waals surface area contributed by atoms with Crippen LogP contribution in [0.3, 0.4) is 0 Å². The molecule has 1 saturated heterocycles. The summed E-state index contributed by atoms with van der Waals surface area (Å²) >= 11 is 0. The van der Waals surface area contributed by atoms with E-state index in [2.05, 4.69) is 28.5 Å². The highest BCUT2D eigenvalue weighted by Gasteiger charge is 2.62. The summed E-state index contributed by atoms with van der Waals surface area (Å²) < 4.78 is 53.1. The summed E-state index contributed by atoms with van der Waals surface area (Å²) in [5, 5.41) is 4.64. The van der Waals surface area contributed by atoms with E-state index >= 15 is 0 Å². The van der Waals surface area contributed by atoms with E-state index in [9.17, 15) is 36.8 Å². The summed E-state index contributed by atoms with van der Waals surface area (Å²) in [6.45, 7) is 15.1. The highest BCUT2D eigenvalue weighted by Crippen LogP contribution is 2.45. The lowest BCUT2D eigenvalue weighted by Crippen LogP contribution is -2.59. The second kappa shape index (κ2) is 15.5. The molecule has 1 aromatic carbocycles. The van der Waals surface area contributed by atoms with Crippen molar-refractivity contribution in [2.75, 3.05) is 26.2 Å². The van der Waals surface area contributed by atoms with Crippen molar-refractivity contribution in [2.24, 2.45) is 5.92 Å². The van der Waals surface area contributed by atoms with Gasteiger partial charge in [0.2, 0.25) is 21.8 Å². The first kappa shape index (κ1) is 39.7. The Morgan fingerprint density at radius 2 is 1.87 bits per heavy atom. The third-order valence-electron chi connectivity index (χ3n) is 9.81. The highest BCUT2D eigenvalue weighted by atomic mass is 32.2. The third kappa shape index (κ3) is 9.18. The summed E-state index contributed by atoms with van der Waals surface area (Å²) in [5.74, 6) is -3.41. The molecule has 5 rings (SSSR count). The lowest BCUT2D eigenvalue weighted by molar-refractivity contribution is -0.141. The summed E-state index contributed by atoms with van der Waals surface area (Å²) in [6.07, 6.45) is 1.17. The zero-order valence-electron chi connectivity index (χ0n) is 30.6. The first-order valence-corrected chi connectivity index (χ1v) is 19.3. The predicted molar refractivity (Wildman–Crippen MR) is 191 cm³/mol. The van der Waals surface area contributed by atoms with E-state index in [1.165, 1.54) is 21.9 Å². The Kier molecular flexibility index (Phi) is 11.6. The van der Waals surface area contributed by atoms with E-state index < -0.39 is 86.2 Å². The minimum absolute atomic E-state index is 0.0113. The fourth-order valence-corrected chi connectivity index (χ4v) is 8.09. The number of fused-ring (bicyclic) bond motifs is 1. The molecule has 1 unspecified atom stereocenters. The molecular weight excluding hydrogens is 711 g/mol. The number of hydrogen-bond donors (Lipinski definition) is 3. The average molecular weight is 761 g/mol. The average Bonchev–Trinajstić information content (AvgIpc) is 3.97. The van der Waals surface area contributed by atoms with Gasteiger partial charge < -0.3 is 25.0 Å². The number of likely N-dealkylation sites (tertiary alicyclic amines) is 1. The largest absolute Gasteiger partial charge is 0.444 e. The fourth-order valence-electron chi connectivity index (χ4n) is 6.73. The van der Waals surface area contributed by atoms with E-state index in [1.807, 2.05) is 11.8 Å². The molecule has 3 fully saturated rings. The van der Waals surface area contributed by atoms with Gasteiger partial charge in [0.05, 0.1) is 18.3 Å².